The number of likely N-dealkylation sites (N-methyl/N-ethyl adjacent to an activating group) is 1. The first-order valence-electron chi connectivity index (χ1n) is 7.12. The SMILES string of the molecule is CN(C)C(C)(C)CNC(=O)C1CC1c1ccc(Cl)c(Cl)c1. The van der Waals surface area contributed by atoms with Crippen LogP contribution in [0.25, 0.3) is 0 Å². The number of rotatable bonds is 5. The quantitative estimate of drug-likeness (QED) is 0.896. The molecule has 116 valence electrons. The van der Waals surface area contributed by atoms with E-state index in [-0.39, 0.29) is 23.3 Å². The molecule has 0 heterocycles. The number of nitrogens with zero attached hydrogens (tertiary/aromatic N) is 1. The Hall–Kier alpha value is -0.770. The summed E-state index contributed by atoms with van der Waals surface area (Å²) in [6, 6.07) is 5.61. The van der Waals surface area contributed by atoms with Gasteiger partial charge < -0.3 is 10.2 Å². The van der Waals surface area contributed by atoms with E-state index >= 15 is 0 Å². The molecule has 0 spiro atoms. The summed E-state index contributed by atoms with van der Waals surface area (Å²) in [6.07, 6.45) is 0.881. The minimum atomic E-state index is -0.0520. The second-order valence-corrected chi connectivity index (χ2v) is 7.36. The molecule has 21 heavy (non-hydrogen) atoms. The number of amides is 1. The molecule has 2 atom stereocenters. The van der Waals surface area contributed by atoms with Crippen molar-refractivity contribution in [3.05, 3.63) is 33.8 Å². The standard InChI is InChI=1S/C16H22Cl2N2O/c1-16(2,20(3)4)9-19-15(21)12-8-11(12)10-5-6-13(17)14(18)7-10/h5-7,11-12H,8-9H2,1-4H3,(H,19,21). The van der Waals surface area contributed by atoms with Crippen LogP contribution in [0.1, 0.15) is 31.7 Å². The molecule has 1 aromatic carbocycles. The number of carbonyl (C=O) groups is 1. The van der Waals surface area contributed by atoms with E-state index in [1.807, 2.05) is 26.2 Å². The molecule has 1 amide bonds. The van der Waals surface area contributed by atoms with Gasteiger partial charge in [0, 0.05) is 18.0 Å². The molecule has 3 nitrogen and oxygen atoms in total. The van der Waals surface area contributed by atoms with Crippen molar-refractivity contribution in [1.29, 1.82) is 0 Å². The fourth-order valence-corrected chi connectivity index (χ4v) is 2.50. The Morgan fingerprint density at radius 3 is 2.57 bits per heavy atom. The van der Waals surface area contributed by atoms with E-state index in [1.165, 1.54) is 0 Å². The zero-order valence-corrected chi connectivity index (χ0v) is 14.4. The van der Waals surface area contributed by atoms with Crippen molar-refractivity contribution in [3.8, 4) is 0 Å². The van der Waals surface area contributed by atoms with E-state index in [9.17, 15) is 4.79 Å². The molecule has 1 aromatic rings. The zero-order chi connectivity index (χ0) is 15.8. The summed E-state index contributed by atoms with van der Waals surface area (Å²) in [6.45, 7) is 4.86. The highest BCUT2D eigenvalue weighted by Crippen LogP contribution is 2.48. The van der Waals surface area contributed by atoms with E-state index in [0.717, 1.165) is 12.0 Å². The Morgan fingerprint density at radius 2 is 2.00 bits per heavy atom. The third-order valence-corrected chi connectivity index (χ3v) is 5.14. The Morgan fingerprint density at radius 1 is 1.33 bits per heavy atom. The molecular weight excluding hydrogens is 307 g/mol. The summed E-state index contributed by atoms with van der Waals surface area (Å²) in [5.74, 6) is 0.448. The summed E-state index contributed by atoms with van der Waals surface area (Å²) in [4.78, 5) is 14.3. The molecule has 2 rings (SSSR count). The van der Waals surface area contributed by atoms with Crippen LogP contribution in [0.3, 0.4) is 0 Å². The second-order valence-electron chi connectivity index (χ2n) is 6.55. The average molecular weight is 329 g/mol. The number of hydrogen-bond donors (Lipinski definition) is 1. The molecule has 5 heteroatoms. The van der Waals surface area contributed by atoms with E-state index in [1.54, 1.807) is 6.07 Å². The lowest BCUT2D eigenvalue weighted by Gasteiger charge is -2.32. The van der Waals surface area contributed by atoms with Crippen LogP contribution in [-0.4, -0.2) is 37.0 Å². The minimum absolute atomic E-state index is 0.0520. The molecule has 1 aliphatic rings. The Kier molecular flexibility index (Phi) is 4.86. The molecule has 0 aromatic heterocycles. The Labute approximate surface area is 136 Å². The van der Waals surface area contributed by atoms with Crippen LogP contribution < -0.4 is 5.32 Å². The molecule has 0 aliphatic heterocycles. The summed E-state index contributed by atoms with van der Waals surface area (Å²) in [5, 5.41) is 4.15. The molecule has 0 saturated heterocycles. The van der Waals surface area contributed by atoms with Gasteiger partial charge in [0.1, 0.15) is 0 Å². The maximum absolute atomic E-state index is 12.2. The van der Waals surface area contributed by atoms with Crippen molar-refractivity contribution in [2.45, 2.75) is 31.7 Å². The number of hydrogen-bond acceptors (Lipinski definition) is 2. The van der Waals surface area contributed by atoms with Gasteiger partial charge in [0.15, 0.2) is 0 Å². The van der Waals surface area contributed by atoms with E-state index in [0.29, 0.717) is 16.6 Å². The van der Waals surface area contributed by atoms with Crippen molar-refractivity contribution in [2.75, 3.05) is 20.6 Å². The van der Waals surface area contributed by atoms with Crippen LogP contribution >= 0.6 is 23.2 Å². The minimum Gasteiger partial charge on any atom is -0.354 e. The van der Waals surface area contributed by atoms with Gasteiger partial charge >= 0.3 is 0 Å². The van der Waals surface area contributed by atoms with Gasteiger partial charge in [-0.1, -0.05) is 29.3 Å². The van der Waals surface area contributed by atoms with E-state index in [4.69, 9.17) is 23.2 Å². The number of nitrogens with one attached hydrogen (secondary N) is 1. The molecule has 1 saturated carbocycles. The van der Waals surface area contributed by atoms with Crippen LogP contribution in [0.15, 0.2) is 18.2 Å². The van der Waals surface area contributed by atoms with E-state index < -0.39 is 0 Å². The largest absolute Gasteiger partial charge is 0.354 e. The number of benzene rings is 1. The highest BCUT2D eigenvalue weighted by Gasteiger charge is 2.44. The van der Waals surface area contributed by atoms with Gasteiger partial charge in [-0.3, -0.25) is 4.79 Å². The highest BCUT2D eigenvalue weighted by molar-refractivity contribution is 6.42. The van der Waals surface area contributed by atoms with Gasteiger partial charge in [-0.15, -0.1) is 0 Å². The summed E-state index contributed by atoms with van der Waals surface area (Å²) >= 11 is 11.9. The molecule has 1 fully saturated rings. The van der Waals surface area contributed by atoms with Crippen molar-refractivity contribution in [3.63, 3.8) is 0 Å². The van der Waals surface area contributed by atoms with Crippen molar-refractivity contribution in [2.24, 2.45) is 5.92 Å². The molecule has 1 N–H and O–H groups in total. The Bertz CT molecular complexity index is 543. The van der Waals surface area contributed by atoms with Gasteiger partial charge in [-0.25, -0.2) is 0 Å². The molecule has 2 unspecified atom stereocenters. The van der Waals surface area contributed by atoms with Gasteiger partial charge in [-0.2, -0.15) is 0 Å². The normalized spacial score (nSPS) is 21.5. The smallest absolute Gasteiger partial charge is 0.223 e. The number of halogens is 2. The zero-order valence-electron chi connectivity index (χ0n) is 12.9. The van der Waals surface area contributed by atoms with Crippen LogP contribution in [0.4, 0.5) is 0 Å². The van der Waals surface area contributed by atoms with Gasteiger partial charge in [0.25, 0.3) is 0 Å². The van der Waals surface area contributed by atoms with Gasteiger partial charge in [0.2, 0.25) is 5.91 Å². The summed E-state index contributed by atoms with van der Waals surface area (Å²) < 4.78 is 0. The van der Waals surface area contributed by atoms with Crippen molar-refractivity contribution >= 4 is 29.1 Å². The van der Waals surface area contributed by atoms with Crippen LogP contribution in [-0.2, 0) is 4.79 Å². The van der Waals surface area contributed by atoms with Crippen LogP contribution in [0.2, 0.25) is 10.0 Å². The predicted octanol–water partition coefficient (Wildman–Crippen LogP) is 3.55. The summed E-state index contributed by atoms with van der Waals surface area (Å²) in [7, 11) is 4.03. The van der Waals surface area contributed by atoms with Crippen molar-refractivity contribution in [1.82, 2.24) is 10.2 Å². The topological polar surface area (TPSA) is 32.3 Å². The molecule has 1 aliphatic carbocycles. The lowest BCUT2D eigenvalue weighted by Crippen LogP contribution is -2.48. The first-order valence-corrected chi connectivity index (χ1v) is 7.88. The number of carbonyl (C=O) groups excluding carboxylic acids is 1. The summed E-state index contributed by atoms with van der Waals surface area (Å²) in [5.41, 5.74) is 1.04. The second kappa shape index (κ2) is 6.15. The van der Waals surface area contributed by atoms with Crippen molar-refractivity contribution < 1.29 is 4.79 Å². The molecular formula is C16H22Cl2N2O. The first-order chi connectivity index (χ1) is 9.72. The fourth-order valence-electron chi connectivity index (χ4n) is 2.19. The third kappa shape index (κ3) is 3.91. The van der Waals surface area contributed by atoms with Crippen LogP contribution in [0.5, 0.6) is 0 Å². The monoisotopic (exact) mass is 328 g/mol. The first kappa shape index (κ1) is 16.6. The highest BCUT2D eigenvalue weighted by atomic mass is 35.5. The fraction of sp³-hybridized carbons (Fsp3) is 0.562. The lowest BCUT2D eigenvalue weighted by atomic mass is 10.0. The third-order valence-electron chi connectivity index (χ3n) is 4.40. The maximum atomic E-state index is 12.2. The molecule has 0 bridgehead atoms. The maximum Gasteiger partial charge on any atom is 0.223 e. The van der Waals surface area contributed by atoms with Gasteiger partial charge in [-0.05, 0) is 58.0 Å². The lowest BCUT2D eigenvalue weighted by molar-refractivity contribution is -0.122. The Balaban J connectivity index is 1.91. The average Bonchev–Trinajstić information content (AvgIpc) is 3.19. The molecule has 0 radical (unpaired) electrons. The predicted molar refractivity (Wildman–Crippen MR) is 88.1 cm³/mol. The van der Waals surface area contributed by atoms with Gasteiger partial charge in [0.05, 0.1) is 10.0 Å². The van der Waals surface area contributed by atoms with E-state index in [2.05, 4.69) is 24.1 Å². The van der Waals surface area contributed by atoms with Crippen LogP contribution in [0, 0.1) is 5.92 Å².